The summed E-state index contributed by atoms with van der Waals surface area (Å²) in [6.07, 6.45) is 3.92. The number of esters is 1. The minimum atomic E-state index is -0.585. The first-order valence-corrected chi connectivity index (χ1v) is 9.80. The van der Waals surface area contributed by atoms with E-state index in [9.17, 15) is 9.59 Å². The van der Waals surface area contributed by atoms with Gasteiger partial charge in [-0.3, -0.25) is 10.1 Å². The topological polar surface area (TPSA) is 86.6 Å². The number of amides is 1. The SMILES string of the molecule is COC(=O)/C=C1/S/C(=N\N=Cc2ccc(N3CCCN(C)CC3)cc2)NC1=O. The zero-order valence-corrected chi connectivity index (χ0v) is 16.7. The van der Waals surface area contributed by atoms with E-state index in [2.05, 4.69) is 49.2 Å². The van der Waals surface area contributed by atoms with Crippen LogP contribution in [0.1, 0.15) is 12.0 Å². The van der Waals surface area contributed by atoms with Crippen LogP contribution in [0, 0.1) is 0 Å². The van der Waals surface area contributed by atoms with Gasteiger partial charge in [0.25, 0.3) is 5.91 Å². The van der Waals surface area contributed by atoms with Crippen molar-refractivity contribution in [3.63, 3.8) is 0 Å². The Hall–Kier alpha value is -2.65. The molecule has 0 aromatic heterocycles. The number of thioether (sulfide) groups is 1. The Balaban J connectivity index is 1.59. The van der Waals surface area contributed by atoms with Gasteiger partial charge in [-0.1, -0.05) is 12.1 Å². The fourth-order valence-corrected chi connectivity index (χ4v) is 3.60. The molecular weight excluding hydrogens is 378 g/mol. The second-order valence-electron chi connectivity index (χ2n) is 6.47. The Labute approximate surface area is 168 Å². The molecule has 3 rings (SSSR count). The summed E-state index contributed by atoms with van der Waals surface area (Å²) < 4.78 is 4.52. The Morgan fingerprint density at radius 3 is 2.75 bits per heavy atom. The zero-order chi connectivity index (χ0) is 19.9. The van der Waals surface area contributed by atoms with E-state index >= 15 is 0 Å². The first kappa shape index (κ1) is 20.1. The van der Waals surface area contributed by atoms with Crippen LogP contribution in [0.25, 0.3) is 0 Å². The number of hydrogen-bond acceptors (Lipinski definition) is 8. The number of benzene rings is 1. The standard InChI is InChI=1S/C19H23N5O3S/c1-23-8-3-9-24(11-10-23)15-6-4-14(5-7-15)13-20-22-19-21-18(26)16(28-19)12-17(25)27-2/h4-7,12-13H,3,8-11H2,1-2H3,(H,21,22,26)/b16-12+,20-13?. The summed E-state index contributed by atoms with van der Waals surface area (Å²) in [6.45, 7) is 4.28. The molecule has 1 N–H and O–H groups in total. The van der Waals surface area contributed by atoms with Crippen LogP contribution in [-0.2, 0) is 14.3 Å². The van der Waals surface area contributed by atoms with Gasteiger partial charge in [-0.15, -0.1) is 5.10 Å². The van der Waals surface area contributed by atoms with Crippen molar-refractivity contribution in [3.05, 3.63) is 40.8 Å². The van der Waals surface area contributed by atoms with Gasteiger partial charge in [0.1, 0.15) is 0 Å². The van der Waals surface area contributed by atoms with E-state index in [-0.39, 0.29) is 4.91 Å². The van der Waals surface area contributed by atoms with Gasteiger partial charge < -0.3 is 14.5 Å². The van der Waals surface area contributed by atoms with Crippen LogP contribution in [0.2, 0.25) is 0 Å². The fourth-order valence-electron chi connectivity index (χ4n) is 2.87. The zero-order valence-electron chi connectivity index (χ0n) is 15.9. The highest BCUT2D eigenvalue weighted by Crippen LogP contribution is 2.23. The second-order valence-corrected chi connectivity index (χ2v) is 7.50. The normalized spacial score (nSPS) is 21.4. The van der Waals surface area contributed by atoms with Crippen molar-refractivity contribution in [2.24, 2.45) is 10.2 Å². The molecule has 0 saturated carbocycles. The molecule has 2 aliphatic heterocycles. The average molecular weight is 401 g/mol. The van der Waals surface area contributed by atoms with Gasteiger partial charge >= 0.3 is 5.97 Å². The molecule has 8 nitrogen and oxygen atoms in total. The van der Waals surface area contributed by atoms with Gasteiger partial charge in [0.2, 0.25) is 0 Å². The molecule has 1 amide bonds. The predicted molar refractivity (Wildman–Crippen MR) is 112 cm³/mol. The summed E-state index contributed by atoms with van der Waals surface area (Å²) in [5.74, 6) is -0.977. The molecule has 0 radical (unpaired) electrons. The van der Waals surface area contributed by atoms with E-state index in [1.807, 2.05) is 12.1 Å². The van der Waals surface area contributed by atoms with Crippen molar-refractivity contribution in [1.29, 1.82) is 0 Å². The highest BCUT2D eigenvalue weighted by Gasteiger charge is 2.25. The summed E-state index contributed by atoms with van der Waals surface area (Å²) in [5.41, 5.74) is 2.12. The minimum absolute atomic E-state index is 0.230. The van der Waals surface area contributed by atoms with Crippen LogP contribution in [0.3, 0.4) is 0 Å². The molecule has 0 spiro atoms. The van der Waals surface area contributed by atoms with Gasteiger partial charge in [-0.05, 0) is 49.5 Å². The Morgan fingerprint density at radius 2 is 2.00 bits per heavy atom. The molecule has 1 aromatic rings. The molecule has 0 aliphatic carbocycles. The third-order valence-electron chi connectivity index (χ3n) is 4.43. The van der Waals surface area contributed by atoms with Crippen LogP contribution < -0.4 is 10.2 Å². The highest BCUT2D eigenvalue weighted by atomic mass is 32.2. The first-order valence-electron chi connectivity index (χ1n) is 8.98. The molecule has 2 saturated heterocycles. The maximum Gasteiger partial charge on any atom is 0.331 e. The molecule has 28 heavy (non-hydrogen) atoms. The summed E-state index contributed by atoms with van der Waals surface area (Å²) in [4.78, 5) is 28.0. The Bertz CT molecular complexity index is 819. The lowest BCUT2D eigenvalue weighted by Crippen LogP contribution is -2.28. The summed E-state index contributed by atoms with van der Waals surface area (Å²) in [7, 11) is 3.41. The van der Waals surface area contributed by atoms with E-state index < -0.39 is 11.9 Å². The van der Waals surface area contributed by atoms with Crippen LogP contribution in [0.15, 0.2) is 45.4 Å². The maximum atomic E-state index is 11.8. The molecular formula is C19H23N5O3S. The summed E-state index contributed by atoms with van der Waals surface area (Å²) in [6, 6.07) is 8.17. The number of nitrogens with one attached hydrogen (secondary N) is 1. The highest BCUT2D eigenvalue weighted by molar-refractivity contribution is 8.18. The van der Waals surface area contributed by atoms with Crippen LogP contribution >= 0.6 is 11.8 Å². The third-order valence-corrected chi connectivity index (χ3v) is 5.33. The number of anilines is 1. The van der Waals surface area contributed by atoms with Crippen LogP contribution in [0.5, 0.6) is 0 Å². The van der Waals surface area contributed by atoms with Crippen molar-refractivity contribution in [3.8, 4) is 0 Å². The molecule has 1 aromatic carbocycles. The lowest BCUT2D eigenvalue weighted by atomic mass is 10.2. The van der Waals surface area contributed by atoms with Crippen LogP contribution in [-0.4, -0.2) is 68.5 Å². The quantitative estimate of drug-likeness (QED) is 0.356. The van der Waals surface area contributed by atoms with Crippen molar-refractivity contribution in [2.45, 2.75) is 6.42 Å². The summed E-state index contributed by atoms with van der Waals surface area (Å²) in [5, 5.41) is 10.9. The van der Waals surface area contributed by atoms with E-state index in [4.69, 9.17) is 0 Å². The Morgan fingerprint density at radius 1 is 1.21 bits per heavy atom. The lowest BCUT2D eigenvalue weighted by molar-refractivity contribution is -0.135. The molecule has 0 unspecified atom stereocenters. The van der Waals surface area contributed by atoms with E-state index in [1.54, 1.807) is 6.21 Å². The van der Waals surface area contributed by atoms with E-state index in [0.29, 0.717) is 5.17 Å². The molecule has 2 fully saturated rings. The minimum Gasteiger partial charge on any atom is -0.466 e. The van der Waals surface area contributed by atoms with Gasteiger partial charge in [0.05, 0.1) is 18.2 Å². The van der Waals surface area contributed by atoms with Crippen LogP contribution in [0.4, 0.5) is 5.69 Å². The van der Waals surface area contributed by atoms with Gasteiger partial charge in [0.15, 0.2) is 5.17 Å². The number of hydrogen-bond donors (Lipinski definition) is 1. The number of amidine groups is 1. The molecule has 2 aliphatic rings. The monoisotopic (exact) mass is 401 g/mol. The maximum absolute atomic E-state index is 11.8. The largest absolute Gasteiger partial charge is 0.466 e. The molecule has 148 valence electrons. The third kappa shape index (κ3) is 5.43. The number of likely N-dealkylation sites (N-methyl/N-ethyl adjacent to an activating group) is 1. The van der Waals surface area contributed by atoms with Gasteiger partial charge in [0, 0.05) is 31.4 Å². The van der Waals surface area contributed by atoms with Crippen molar-refractivity contribution in [2.75, 3.05) is 45.2 Å². The first-order chi connectivity index (χ1) is 13.5. The van der Waals surface area contributed by atoms with E-state index in [0.717, 1.165) is 56.0 Å². The number of ether oxygens (including phenoxy) is 1. The smallest absolute Gasteiger partial charge is 0.331 e. The van der Waals surface area contributed by atoms with Gasteiger partial charge in [-0.25, -0.2) is 4.79 Å². The van der Waals surface area contributed by atoms with Crippen molar-refractivity contribution in [1.82, 2.24) is 10.2 Å². The van der Waals surface area contributed by atoms with Gasteiger partial charge in [-0.2, -0.15) is 5.10 Å². The average Bonchev–Trinajstić information content (AvgIpc) is 2.89. The summed E-state index contributed by atoms with van der Waals surface area (Å²) >= 11 is 1.05. The van der Waals surface area contributed by atoms with Crippen molar-refractivity contribution >= 4 is 40.7 Å². The molecule has 0 bridgehead atoms. The number of rotatable bonds is 4. The second kappa shape index (κ2) is 9.52. The number of carbonyl (C=O) groups excluding carboxylic acids is 2. The number of carbonyl (C=O) groups is 2. The molecule has 0 atom stereocenters. The van der Waals surface area contributed by atoms with E-state index in [1.165, 1.54) is 12.8 Å². The predicted octanol–water partition coefficient (Wildman–Crippen LogP) is 1.44. The number of methoxy groups -OCH3 is 1. The fraction of sp³-hybridized carbons (Fsp3) is 0.368. The molecule has 9 heteroatoms. The van der Waals surface area contributed by atoms with Crippen molar-refractivity contribution < 1.29 is 14.3 Å². The number of nitrogens with zero attached hydrogens (tertiary/aromatic N) is 4. The Kier molecular flexibility index (Phi) is 6.83. The molecule has 2 heterocycles. The lowest BCUT2D eigenvalue weighted by Gasteiger charge is -2.22.